The highest BCUT2D eigenvalue weighted by Crippen LogP contribution is 2.47. The molecule has 1 aliphatic rings. The number of cyclic esters (lactones) is 2. The van der Waals surface area contributed by atoms with Gasteiger partial charge in [-0.1, -0.05) is 229 Å². The van der Waals surface area contributed by atoms with Crippen LogP contribution in [-0.4, -0.2) is 93.4 Å². The Balaban J connectivity index is 3.87. The maximum Gasteiger partial charge on any atom is 0.331 e. The van der Waals surface area contributed by atoms with Crippen LogP contribution in [0.3, 0.4) is 0 Å². The Kier molecular flexibility index (Phi) is 32.9. The monoisotopic (exact) mass is 1270 g/mol. The molecular formula is C72H132O10Si4. The van der Waals surface area contributed by atoms with Gasteiger partial charge in [-0.3, -0.25) is 9.59 Å². The summed E-state index contributed by atoms with van der Waals surface area (Å²) in [7, 11) is -9.37. The van der Waals surface area contributed by atoms with Gasteiger partial charge in [-0.25, -0.2) is 9.59 Å². The Morgan fingerprint density at radius 2 is 0.744 bits per heavy atom. The molecule has 14 heteroatoms. The molecule has 0 N–H and O–H groups in total. The zero-order valence-electron chi connectivity index (χ0n) is 61.0. The first-order valence-corrected chi connectivity index (χ1v) is 43.6. The van der Waals surface area contributed by atoms with E-state index in [9.17, 15) is 19.2 Å². The van der Waals surface area contributed by atoms with Gasteiger partial charge in [0, 0.05) is 71.7 Å². The summed E-state index contributed by atoms with van der Waals surface area (Å²) in [5.74, 6) is -3.78. The number of ether oxygens (including phenoxy) is 2. The fraction of sp³-hybridized carbons (Fsp3) is 0.778. The van der Waals surface area contributed by atoms with Crippen LogP contribution in [0.25, 0.3) is 0 Å². The second-order valence-corrected chi connectivity index (χ2v) is 51.3. The van der Waals surface area contributed by atoms with E-state index in [1.54, 1.807) is 36.5 Å². The van der Waals surface area contributed by atoms with Crippen molar-refractivity contribution in [3.05, 3.63) is 72.9 Å². The van der Waals surface area contributed by atoms with Gasteiger partial charge in [0.2, 0.25) is 16.6 Å². The highest BCUT2D eigenvalue weighted by molar-refractivity contribution is 6.78. The first-order chi connectivity index (χ1) is 39.3. The molecule has 0 aliphatic carbocycles. The van der Waals surface area contributed by atoms with Gasteiger partial charge in [-0.2, -0.15) is 0 Å². The summed E-state index contributed by atoms with van der Waals surface area (Å²) in [5, 5.41) is -0.340. The first kappa shape index (κ1) is 81.4. The van der Waals surface area contributed by atoms with E-state index >= 15 is 0 Å². The van der Waals surface area contributed by atoms with Crippen LogP contribution >= 0.6 is 0 Å². The molecular weight excluding hydrogens is 1140 g/mol. The van der Waals surface area contributed by atoms with E-state index in [-0.39, 0.29) is 57.5 Å². The third kappa shape index (κ3) is 21.8. The van der Waals surface area contributed by atoms with Crippen LogP contribution in [0.2, 0.25) is 69.5 Å². The third-order valence-corrected chi connectivity index (χ3v) is 42.2. The topological polar surface area (TPSA) is 124 Å². The van der Waals surface area contributed by atoms with E-state index in [0.717, 1.165) is 12.8 Å². The molecule has 0 aromatic heterocycles. The first-order valence-electron chi connectivity index (χ1n) is 33.5. The van der Waals surface area contributed by atoms with Crippen molar-refractivity contribution in [2.45, 2.75) is 313 Å². The highest BCUT2D eigenvalue weighted by Gasteiger charge is 2.50. The fourth-order valence-electron chi connectivity index (χ4n) is 13.4. The van der Waals surface area contributed by atoms with Crippen molar-refractivity contribution in [2.24, 2.45) is 47.3 Å². The number of hydrogen-bond donors (Lipinski definition) is 0. The van der Waals surface area contributed by atoms with Crippen molar-refractivity contribution in [2.75, 3.05) is 0 Å². The average Bonchev–Trinajstić information content (AvgIpc) is 1.41. The van der Waals surface area contributed by atoms with Crippen molar-refractivity contribution in [3.8, 4) is 0 Å². The predicted molar refractivity (Wildman–Crippen MR) is 374 cm³/mol. The lowest BCUT2D eigenvalue weighted by Crippen LogP contribution is -2.51. The summed E-state index contributed by atoms with van der Waals surface area (Å²) in [6.07, 6.45) is 20.1. The van der Waals surface area contributed by atoms with Gasteiger partial charge < -0.3 is 27.2 Å². The van der Waals surface area contributed by atoms with Gasteiger partial charge >= 0.3 is 11.9 Å². The predicted octanol–water partition coefficient (Wildman–Crippen LogP) is 20.1. The number of ketones is 2. The van der Waals surface area contributed by atoms with Crippen molar-refractivity contribution in [3.63, 3.8) is 0 Å². The number of esters is 2. The van der Waals surface area contributed by atoms with Crippen molar-refractivity contribution >= 4 is 56.8 Å². The molecule has 0 aromatic rings. The Labute approximate surface area is 533 Å². The molecule has 1 aliphatic heterocycles. The van der Waals surface area contributed by atoms with Crippen LogP contribution < -0.4 is 0 Å². The second kappa shape index (κ2) is 34.7. The molecule has 10 nitrogen and oxygen atoms in total. The fourth-order valence-corrected chi connectivity index (χ4v) is 27.6. The van der Waals surface area contributed by atoms with Gasteiger partial charge in [0.15, 0.2) is 28.2 Å². The van der Waals surface area contributed by atoms with Crippen LogP contribution in [0, 0.1) is 47.3 Å². The lowest BCUT2D eigenvalue weighted by Gasteiger charge is -2.45. The molecule has 0 unspecified atom stereocenters. The zero-order valence-corrected chi connectivity index (χ0v) is 65.0. The molecule has 0 amide bonds. The minimum absolute atomic E-state index is 0.0421. The number of hydrogen-bond acceptors (Lipinski definition) is 10. The smallest absolute Gasteiger partial charge is 0.331 e. The van der Waals surface area contributed by atoms with E-state index in [0.29, 0.717) is 33.2 Å². The molecule has 0 fully saturated rings. The number of carbonyl (C=O) groups excluding carboxylic acids is 4. The zero-order chi connectivity index (χ0) is 67.0. The molecule has 0 radical (unpaired) electrons. The normalized spacial score (nSPS) is 23.9. The molecule has 496 valence electrons. The number of allylic oxidation sites excluding steroid dienone is 6. The average molecular weight is 1270 g/mol. The summed E-state index contributed by atoms with van der Waals surface area (Å²) in [6, 6.07) is 0. The third-order valence-electron chi connectivity index (χ3n) is 20.8. The van der Waals surface area contributed by atoms with Crippen LogP contribution in [0.5, 0.6) is 0 Å². The Morgan fingerprint density at radius 3 is 0.977 bits per heavy atom. The van der Waals surface area contributed by atoms with Gasteiger partial charge in [-0.05, 0) is 108 Å². The van der Waals surface area contributed by atoms with Crippen LogP contribution in [0.15, 0.2) is 72.9 Å². The molecule has 14 atom stereocenters. The molecule has 1 rings (SSSR count). The molecule has 0 bridgehead atoms. The molecule has 0 spiro atoms. The summed E-state index contributed by atoms with van der Waals surface area (Å²) >= 11 is 0. The van der Waals surface area contributed by atoms with Crippen molar-refractivity contribution in [1.29, 1.82) is 0 Å². The minimum Gasteiger partial charge on any atom is -0.458 e. The maximum absolute atomic E-state index is 14.6. The largest absolute Gasteiger partial charge is 0.458 e. The van der Waals surface area contributed by atoms with Gasteiger partial charge in [0.25, 0.3) is 0 Å². The van der Waals surface area contributed by atoms with Crippen molar-refractivity contribution in [1.82, 2.24) is 0 Å². The molecule has 1 heterocycles. The molecule has 0 saturated heterocycles. The maximum atomic E-state index is 14.6. The molecule has 86 heavy (non-hydrogen) atoms. The van der Waals surface area contributed by atoms with Crippen LogP contribution in [0.4, 0.5) is 0 Å². The quantitative estimate of drug-likeness (QED) is 0.0390. The summed E-state index contributed by atoms with van der Waals surface area (Å²) < 4.78 is 41.9. The number of carbonyl (C=O) groups is 4. The SMILES string of the molecule is CC[C@@H](/C=C/C(=O)[C@@H](C)[C@H](O[Si](C)(C)C(C)(C)C)[C@H](C)[C@H]1OC(=O)/C=C/C=C/[C@H](C)[C@@H]([C@@H](C)[C@@H](O[Si](C)(C)C(C)(C)C)[C@H](C)C(=O)/C=C/[C@H](CC)[C@@H](C)O[Si](C(C)C)(C(C)C)C(C)C)OC(=O)/C=C/C=C/[C@@H]1C)[C@@H](C)O[Si](C(C)C)(C(C)C)C(C)C. The van der Waals surface area contributed by atoms with E-state index in [1.807, 2.05) is 53.7 Å². The van der Waals surface area contributed by atoms with Crippen molar-refractivity contribution < 1.29 is 46.4 Å². The second-order valence-electron chi connectivity index (χ2n) is 30.9. The van der Waals surface area contributed by atoms with Gasteiger partial charge in [0.05, 0.1) is 12.2 Å². The number of rotatable bonds is 30. The minimum atomic E-state index is -2.51. The van der Waals surface area contributed by atoms with Crippen LogP contribution in [0.1, 0.15) is 207 Å². The van der Waals surface area contributed by atoms with E-state index in [2.05, 4.69) is 191 Å². The van der Waals surface area contributed by atoms with E-state index in [4.69, 9.17) is 27.2 Å². The Morgan fingerprint density at radius 1 is 0.477 bits per heavy atom. The summed E-state index contributed by atoms with van der Waals surface area (Å²) in [5.41, 5.74) is 2.64. The summed E-state index contributed by atoms with van der Waals surface area (Å²) in [6.45, 7) is 70.0. The lowest BCUT2D eigenvalue weighted by atomic mass is 9.82. The standard InChI is InChI=1S/C72H132O10Si4/c1-33-61(59(21)79-85(47(3)4,48(5)6)49(7)8)43-45-63(73)55(17)69(81-83(29,30)71(23,24)25)57(19)67-53(15)39-35-37-42-66(76)78-68(54(16)40-36-38-41-65(75)77-67)58(20)70(82-84(31,32)72(26,27)28)56(18)64(74)46-44-62(34-2)60(22)80-86(50(9)10,51(11)12)52(13)14/h35-62,67-70H,33-34H2,1-32H3/b39-35+,40-36+,41-38+,42-37+,45-43+,46-44+/t53-,54-,55+,56+,57+,58+,59+,60+,61-,62-,67-,68-,69-,70-/m0/s1. The van der Waals surface area contributed by atoms with E-state index < -0.39 is 93.3 Å². The van der Waals surface area contributed by atoms with Gasteiger partial charge in [0.1, 0.15) is 12.2 Å². The lowest BCUT2D eigenvalue weighted by molar-refractivity contribution is -0.152. The summed E-state index contributed by atoms with van der Waals surface area (Å²) in [4.78, 5) is 57.5. The highest BCUT2D eigenvalue weighted by atomic mass is 28.4. The molecule has 0 aromatic carbocycles. The Hall–Kier alpha value is -2.57. The Bertz CT molecular complexity index is 2090. The van der Waals surface area contributed by atoms with Crippen LogP contribution in [-0.2, 0) is 46.4 Å². The van der Waals surface area contributed by atoms with E-state index in [1.165, 1.54) is 12.2 Å². The molecule has 0 saturated carbocycles. The van der Waals surface area contributed by atoms with Gasteiger partial charge in [-0.15, -0.1) is 0 Å².